The van der Waals surface area contributed by atoms with Crippen LogP contribution in [-0.4, -0.2) is 17.8 Å². The van der Waals surface area contributed by atoms with E-state index in [0.717, 1.165) is 5.56 Å². The average Bonchev–Trinajstić information content (AvgIpc) is 2.59. The van der Waals surface area contributed by atoms with Gasteiger partial charge in [0.05, 0.1) is 0 Å². The third kappa shape index (κ3) is 6.60. The number of halogens is 2. The molecule has 28 heavy (non-hydrogen) atoms. The molecular weight excluding hydrogens is 383 g/mol. The average molecular weight is 409 g/mol. The molecule has 0 atom stereocenters. The van der Waals surface area contributed by atoms with Gasteiger partial charge < -0.3 is 20.5 Å². The smallest absolute Gasteiger partial charge is 0.407 e. The number of alkyl halides is 1. The van der Waals surface area contributed by atoms with E-state index in [1.165, 1.54) is 6.07 Å². The number of nitrogens with two attached hydrogens (primary N) is 1. The van der Waals surface area contributed by atoms with Crippen LogP contribution in [0.25, 0.3) is 0 Å². The summed E-state index contributed by atoms with van der Waals surface area (Å²) in [5.74, 6) is 0.263. The maximum Gasteiger partial charge on any atom is 0.407 e. The summed E-state index contributed by atoms with van der Waals surface area (Å²) in [6.07, 6.45) is 0.423. The molecular formula is C21H26ClFN2O3. The Hall–Kier alpha value is -2.47. The first-order valence-electron chi connectivity index (χ1n) is 9.00. The van der Waals surface area contributed by atoms with Crippen molar-refractivity contribution in [2.24, 2.45) is 0 Å². The van der Waals surface area contributed by atoms with Gasteiger partial charge in [0.1, 0.15) is 17.2 Å². The highest BCUT2D eigenvalue weighted by Crippen LogP contribution is 2.25. The van der Waals surface area contributed by atoms with E-state index < -0.39 is 11.7 Å². The van der Waals surface area contributed by atoms with Gasteiger partial charge in [0.25, 0.3) is 0 Å². The fourth-order valence-electron chi connectivity index (χ4n) is 2.76. The molecule has 5 nitrogen and oxygen atoms in total. The van der Waals surface area contributed by atoms with Crippen molar-refractivity contribution in [2.75, 3.05) is 11.8 Å². The van der Waals surface area contributed by atoms with Crippen molar-refractivity contribution in [3.8, 4) is 5.75 Å². The van der Waals surface area contributed by atoms with E-state index in [9.17, 15) is 9.18 Å². The summed E-state index contributed by atoms with van der Waals surface area (Å²) >= 11 is 5.67. The Bertz CT molecular complexity index is 822. The molecule has 0 saturated heterocycles. The fraction of sp³-hybridized carbons (Fsp3) is 0.381. The van der Waals surface area contributed by atoms with Crippen molar-refractivity contribution in [3.05, 3.63) is 58.9 Å². The van der Waals surface area contributed by atoms with E-state index in [-0.39, 0.29) is 18.4 Å². The summed E-state index contributed by atoms with van der Waals surface area (Å²) in [4.78, 5) is 11.9. The lowest BCUT2D eigenvalue weighted by atomic mass is 9.98. The molecule has 0 radical (unpaired) electrons. The van der Waals surface area contributed by atoms with Crippen molar-refractivity contribution in [1.82, 2.24) is 5.32 Å². The number of anilines is 1. The molecule has 0 aliphatic rings. The van der Waals surface area contributed by atoms with Gasteiger partial charge in [0.2, 0.25) is 0 Å². The van der Waals surface area contributed by atoms with Crippen LogP contribution in [-0.2, 0) is 24.1 Å². The van der Waals surface area contributed by atoms with E-state index in [0.29, 0.717) is 35.4 Å². The number of carbonyl (C=O) groups excluding carboxylic acids is 1. The molecule has 0 fully saturated rings. The Labute approximate surface area is 170 Å². The maximum absolute atomic E-state index is 14.4. The Morgan fingerprint density at radius 2 is 1.93 bits per heavy atom. The SMILES string of the molecule is CC(C)(C)OC(=O)NCc1cccc(F)c1CCc1ccc(N)cc1OCCl. The van der Waals surface area contributed by atoms with E-state index >= 15 is 0 Å². The number of hydrogen-bond acceptors (Lipinski definition) is 4. The number of nitrogen functional groups attached to an aromatic ring is 1. The predicted molar refractivity (Wildman–Crippen MR) is 109 cm³/mol. The minimum atomic E-state index is -0.594. The summed E-state index contributed by atoms with van der Waals surface area (Å²) < 4.78 is 25.1. The summed E-state index contributed by atoms with van der Waals surface area (Å²) in [6.45, 7) is 5.53. The highest BCUT2D eigenvalue weighted by atomic mass is 35.5. The van der Waals surface area contributed by atoms with Gasteiger partial charge in [0, 0.05) is 18.3 Å². The van der Waals surface area contributed by atoms with Crippen molar-refractivity contribution < 1.29 is 18.7 Å². The normalized spacial score (nSPS) is 11.2. The second kappa shape index (κ2) is 9.64. The van der Waals surface area contributed by atoms with E-state index in [1.807, 2.05) is 6.07 Å². The zero-order valence-electron chi connectivity index (χ0n) is 16.4. The van der Waals surface area contributed by atoms with Crippen LogP contribution in [0.5, 0.6) is 5.75 Å². The molecule has 2 aromatic carbocycles. The summed E-state index contributed by atoms with van der Waals surface area (Å²) in [6, 6.07) is 10.1. The lowest BCUT2D eigenvalue weighted by Crippen LogP contribution is -2.32. The van der Waals surface area contributed by atoms with Gasteiger partial charge >= 0.3 is 6.09 Å². The molecule has 2 rings (SSSR count). The molecule has 1 amide bonds. The molecule has 0 saturated carbocycles. The van der Waals surface area contributed by atoms with E-state index in [2.05, 4.69) is 5.32 Å². The highest BCUT2D eigenvalue weighted by molar-refractivity contribution is 6.17. The van der Waals surface area contributed by atoms with Gasteiger partial charge in [-0.15, -0.1) is 0 Å². The van der Waals surface area contributed by atoms with Crippen LogP contribution in [0.1, 0.15) is 37.5 Å². The minimum Gasteiger partial charge on any atom is -0.478 e. The molecule has 152 valence electrons. The van der Waals surface area contributed by atoms with E-state index in [4.69, 9.17) is 26.8 Å². The van der Waals surface area contributed by atoms with Crippen LogP contribution in [0.3, 0.4) is 0 Å². The first kappa shape index (κ1) is 21.8. The molecule has 0 spiro atoms. The van der Waals surface area contributed by atoms with Gasteiger partial charge in [-0.25, -0.2) is 9.18 Å². The van der Waals surface area contributed by atoms with Crippen molar-refractivity contribution in [3.63, 3.8) is 0 Å². The molecule has 3 N–H and O–H groups in total. The highest BCUT2D eigenvalue weighted by Gasteiger charge is 2.17. The van der Waals surface area contributed by atoms with Gasteiger partial charge in [-0.3, -0.25) is 0 Å². The Morgan fingerprint density at radius 3 is 2.61 bits per heavy atom. The number of nitrogens with one attached hydrogen (secondary N) is 1. The zero-order chi connectivity index (χ0) is 20.7. The molecule has 0 aliphatic carbocycles. The third-order valence-corrected chi connectivity index (χ3v) is 4.09. The van der Waals surface area contributed by atoms with Crippen molar-refractivity contribution in [2.45, 2.75) is 45.8 Å². The molecule has 0 aromatic heterocycles. The Balaban J connectivity index is 2.11. The van der Waals surface area contributed by atoms with Gasteiger partial charge in [-0.1, -0.05) is 29.8 Å². The first-order valence-corrected chi connectivity index (χ1v) is 9.53. The van der Waals surface area contributed by atoms with Crippen molar-refractivity contribution >= 4 is 23.4 Å². The second-order valence-corrected chi connectivity index (χ2v) is 7.57. The van der Waals surface area contributed by atoms with Crippen LogP contribution in [0.4, 0.5) is 14.9 Å². The van der Waals surface area contributed by atoms with Crippen LogP contribution >= 0.6 is 11.6 Å². The topological polar surface area (TPSA) is 73.6 Å². The monoisotopic (exact) mass is 408 g/mol. The zero-order valence-corrected chi connectivity index (χ0v) is 17.1. The standard InChI is InChI=1S/C21H26ClFN2O3/c1-21(2,3)28-20(26)25-12-15-5-4-6-18(23)17(15)10-8-14-7-9-16(24)11-19(14)27-13-22/h4-7,9,11H,8,10,12-13,24H2,1-3H3,(H,25,26). The second-order valence-electron chi connectivity index (χ2n) is 7.35. The first-order chi connectivity index (χ1) is 13.2. The molecule has 0 aliphatic heterocycles. The summed E-state index contributed by atoms with van der Waals surface area (Å²) in [5, 5.41) is 2.67. The molecule has 0 unspecified atom stereocenters. The molecule has 7 heteroatoms. The number of ether oxygens (including phenoxy) is 2. The van der Waals surface area contributed by atoms with Crippen LogP contribution in [0, 0.1) is 5.82 Å². The number of rotatable bonds is 7. The number of amides is 1. The summed E-state index contributed by atoms with van der Waals surface area (Å²) in [5.41, 5.74) is 7.87. The number of alkyl carbamates (subject to hydrolysis) is 1. The van der Waals surface area contributed by atoms with Crippen LogP contribution in [0.15, 0.2) is 36.4 Å². The van der Waals surface area contributed by atoms with Crippen LogP contribution < -0.4 is 15.8 Å². The third-order valence-electron chi connectivity index (χ3n) is 3.98. The van der Waals surface area contributed by atoms with Gasteiger partial charge in [-0.2, -0.15) is 0 Å². The fourth-order valence-corrected chi connectivity index (χ4v) is 2.88. The van der Waals surface area contributed by atoms with E-state index in [1.54, 1.807) is 45.0 Å². The lowest BCUT2D eigenvalue weighted by Gasteiger charge is -2.20. The maximum atomic E-state index is 14.4. The number of carbonyl (C=O) groups is 1. The molecule has 2 aromatic rings. The Morgan fingerprint density at radius 1 is 1.18 bits per heavy atom. The largest absolute Gasteiger partial charge is 0.478 e. The number of benzene rings is 2. The number of hydrogen-bond donors (Lipinski definition) is 2. The van der Waals surface area contributed by atoms with Crippen molar-refractivity contribution in [1.29, 1.82) is 0 Å². The van der Waals surface area contributed by atoms with Gasteiger partial charge in [0.15, 0.2) is 6.07 Å². The minimum absolute atomic E-state index is 0.00120. The predicted octanol–water partition coefficient (Wildman–Crippen LogP) is 4.79. The lowest BCUT2D eigenvalue weighted by molar-refractivity contribution is 0.0523. The number of aryl methyl sites for hydroxylation is 1. The summed E-state index contributed by atoms with van der Waals surface area (Å²) in [7, 11) is 0. The molecule has 0 heterocycles. The Kier molecular flexibility index (Phi) is 7.52. The van der Waals surface area contributed by atoms with Crippen LogP contribution in [0.2, 0.25) is 0 Å². The molecule has 0 bridgehead atoms. The quantitative estimate of drug-likeness (QED) is 0.510. The van der Waals surface area contributed by atoms with Gasteiger partial charge in [-0.05, 0) is 62.4 Å².